The van der Waals surface area contributed by atoms with Gasteiger partial charge in [-0.05, 0) is 30.2 Å². The number of thioether (sulfide) groups is 2. The second kappa shape index (κ2) is 8.17. The number of rotatable bonds is 5. The minimum atomic E-state index is -0.690. The number of imide groups is 1. The van der Waals surface area contributed by atoms with Crippen LogP contribution >= 0.6 is 23.5 Å². The van der Waals surface area contributed by atoms with E-state index in [4.69, 9.17) is 0 Å². The fraction of sp³-hybridized carbons (Fsp3) is 0.240. The molecule has 0 saturated heterocycles. The lowest BCUT2D eigenvalue weighted by molar-refractivity contribution is -0.137. The van der Waals surface area contributed by atoms with Crippen molar-refractivity contribution in [1.82, 2.24) is 4.90 Å². The summed E-state index contributed by atoms with van der Waals surface area (Å²) in [6.07, 6.45) is 2.14. The lowest BCUT2D eigenvalue weighted by Gasteiger charge is -2.29. The molecule has 156 valence electrons. The van der Waals surface area contributed by atoms with E-state index in [-0.39, 0.29) is 17.6 Å². The molecule has 2 amide bonds. The van der Waals surface area contributed by atoms with Crippen LogP contribution in [0.4, 0.5) is 0 Å². The Morgan fingerprint density at radius 2 is 1.74 bits per heavy atom. The number of benzene rings is 2. The number of unbranched alkanes of at least 4 members (excludes halogenated alkanes) is 1. The molecule has 31 heavy (non-hydrogen) atoms. The molecule has 0 bridgehead atoms. The number of nitrogens with zero attached hydrogens (tertiary/aromatic N) is 1. The minimum absolute atomic E-state index is 0.0527. The second-order valence-corrected chi connectivity index (χ2v) is 10.0. The number of carbonyl (C=O) groups excluding carboxylic acids is 3. The van der Waals surface area contributed by atoms with Crippen LogP contribution < -0.4 is 0 Å². The topological polar surface area (TPSA) is 54.5 Å². The molecule has 1 atom stereocenters. The monoisotopic (exact) mass is 447 g/mol. The molecular weight excluding hydrogens is 426 g/mol. The number of carbonyl (C=O) groups is 3. The highest BCUT2D eigenvalue weighted by molar-refractivity contribution is 8.03. The van der Waals surface area contributed by atoms with Crippen molar-refractivity contribution in [2.75, 3.05) is 6.54 Å². The number of allylic oxidation sites excluding steroid dienone is 1. The molecule has 0 spiro atoms. The summed E-state index contributed by atoms with van der Waals surface area (Å²) >= 11 is 2.82. The third-order valence-electron chi connectivity index (χ3n) is 5.79. The van der Waals surface area contributed by atoms with Crippen molar-refractivity contribution in [3.05, 3.63) is 81.8 Å². The van der Waals surface area contributed by atoms with E-state index in [0.29, 0.717) is 34.6 Å². The van der Waals surface area contributed by atoms with Crippen LogP contribution in [0, 0.1) is 0 Å². The minimum Gasteiger partial charge on any atom is -0.293 e. The van der Waals surface area contributed by atoms with Crippen molar-refractivity contribution in [1.29, 1.82) is 0 Å². The zero-order chi connectivity index (χ0) is 21.5. The van der Waals surface area contributed by atoms with E-state index in [1.165, 1.54) is 28.4 Å². The van der Waals surface area contributed by atoms with Crippen LogP contribution in [0.25, 0.3) is 0 Å². The average Bonchev–Trinajstić information content (AvgIpc) is 3.04. The highest BCUT2D eigenvalue weighted by Crippen LogP contribution is 2.51. The van der Waals surface area contributed by atoms with Gasteiger partial charge in [0.2, 0.25) is 0 Å². The maximum absolute atomic E-state index is 13.7. The van der Waals surface area contributed by atoms with Gasteiger partial charge in [-0.1, -0.05) is 61.5 Å². The summed E-state index contributed by atoms with van der Waals surface area (Å²) < 4.78 is 0. The molecule has 2 aliphatic heterocycles. The molecule has 0 radical (unpaired) electrons. The van der Waals surface area contributed by atoms with Gasteiger partial charge in [0.1, 0.15) is 5.25 Å². The highest BCUT2D eigenvalue weighted by atomic mass is 32.2. The van der Waals surface area contributed by atoms with Gasteiger partial charge in [-0.25, -0.2) is 0 Å². The number of amides is 2. The van der Waals surface area contributed by atoms with Crippen LogP contribution in [-0.2, 0) is 20.8 Å². The Morgan fingerprint density at radius 1 is 1.00 bits per heavy atom. The van der Waals surface area contributed by atoms with Crippen molar-refractivity contribution in [2.45, 2.75) is 41.2 Å². The van der Waals surface area contributed by atoms with Gasteiger partial charge in [0, 0.05) is 33.2 Å². The normalized spacial score (nSPS) is 20.2. The smallest absolute Gasteiger partial charge is 0.262 e. The van der Waals surface area contributed by atoms with Gasteiger partial charge in [-0.2, -0.15) is 0 Å². The first-order valence-electron chi connectivity index (χ1n) is 10.5. The Morgan fingerprint density at radius 3 is 2.52 bits per heavy atom. The summed E-state index contributed by atoms with van der Waals surface area (Å²) in [6, 6.07) is 17.6. The summed E-state index contributed by atoms with van der Waals surface area (Å²) in [5.41, 5.74) is 2.57. The first kappa shape index (κ1) is 20.3. The molecule has 0 aromatic heterocycles. The van der Waals surface area contributed by atoms with Crippen LogP contribution in [-0.4, -0.2) is 34.3 Å². The third-order valence-corrected chi connectivity index (χ3v) is 8.29. The maximum atomic E-state index is 13.7. The number of Topliss-reactive ketones (excluding diaryl/α,β-unsaturated/α-hetero) is 1. The van der Waals surface area contributed by atoms with Gasteiger partial charge in [-0.3, -0.25) is 19.3 Å². The molecular formula is C25H21NO3S2. The van der Waals surface area contributed by atoms with Crippen LogP contribution in [0.15, 0.2) is 86.0 Å². The van der Waals surface area contributed by atoms with E-state index in [1.54, 1.807) is 0 Å². The SMILES string of the molecule is CCCCN1C(=O)C2=C(C1=O)C(Sc1ccccc1)C(=O)C1=C2Sc2ccccc2C1. The van der Waals surface area contributed by atoms with Gasteiger partial charge in [0.15, 0.2) is 5.78 Å². The highest BCUT2D eigenvalue weighted by Gasteiger charge is 2.50. The van der Waals surface area contributed by atoms with Crippen molar-refractivity contribution < 1.29 is 14.4 Å². The molecule has 3 aliphatic rings. The Balaban J connectivity index is 1.61. The van der Waals surface area contributed by atoms with Crippen molar-refractivity contribution in [2.24, 2.45) is 0 Å². The summed E-state index contributed by atoms with van der Waals surface area (Å²) in [5, 5.41) is -0.690. The first-order valence-corrected chi connectivity index (χ1v) is 12.1. The molecule has 0 N–H and O–H groups in total. The average molecular weight is 448 g/mol. The predicted octanol–water partition coefficient (Wildman–Crippen LogP) is 4.80. The number of ketones is 1. The summed E-state index contributed by atoms with van der Waals surface area (Å²) in [6.45, 7) is 2.42. The zero-order valence-electron chi connectivity index (χ0n) is 17.1. The van der Waals surface area contributed by atoms with Crippen LogP contribution in [0.3, 0.4) is 0 Å². The van der Waals surface area contributed by atoms with Gasteiger partial charge in [-0.15, -0.1) is 11.8 Å². The van der Waals surface area contributed by atoms with E-state index in [9.17, 15) is 14.4 Å². The van der Waals surface area contributed by atoms with E-state index >= 15 is 0 Å². The quantitative estimate of drug-likeness (QED) is 0.617. The number of hydrogen-bond acceptors (Lipinski definition) is 5. The van der Waals surface area contributed by atoms with Crippen molar-refractivity contribution >= 4 is 41.1 Å². The van der Waals surface area contributed by atoms with Gasteiger partial charge >= 0.3 is 0 Å². The van der Waals surface area contributed by atoms with Gasteiger partial charge < -0.3 is 0 Å². The Kier molecular flexibility index (Phi) is 5.36. The zero-order valence-corrected chi connectivity index (χ0v) is 18.7. The lowest BCUT2D eigenvalue weighted by Crippen LogP contribution is -2.35. The van der Waals surface area contributed by atoms with E-state index in [2.05, 4.69) is 0 Å². The largest absolute Gasteiger partial charge is 0.293 e. The number of hydrogen-bond donors (Lipinski definition) is 0. The van der Waals surface area contributed by atoms with Crippen LogP contribution in [0.2, 0.25) is 0 Å². The number of fused-ring (bicyclic) bond motifs is 2. The Hall–Kier alpha value is -2.57. The Labute approximate surface area is 189 Å². The van der Waals surface area contributed by atoms with E-state index in [0.717, 1.165) is 28.2 Å². The van der Waals surface area contributed by atoms with Crippen LogP contribution in [0.1, 0.15) is 25.3 Å². The summed E-state index contributed by atoms with van der Waals surface area (Å²) in [7, 11) is 0. The molecule has 4 nitrogen and oxygen atoms in total. The second-order valence-electron chi connectivity index (χ2n) is 7.77. The predicted molar refractivity (Wildman–Crippen MR) is 123 cm³/mol. The molecule has 2 aromatic rings. The molecule has 1 aliphatic carbocycles. The standard InChI is InChI=1S/C25H21NO3S2/c1-2-3-13-26-24(28)19-20(25(26)29)23(30-16-10-5-4-6-11-16)21(27)17-14-15-9-7-8-12-18(15)31-22(17)19/h4-12,23H,2-3,13-14H2,1H3. The first-order chi connectivity index (χ1) is 15.1. The molecule has 1 unspecified atom stereocenters. The van der Waals surface area contributed by atoms with E-state index in [1.807, 2.05) is 61.5 Å². The molecule has 2 heterocycles. The fourth-order valence-electron chi connectivity index (χ4n) is 4.21. The van der Waals surface area contributed by atoms with Crippen molar-refractivity contribution in [3.63, 3.8) is 0 Å². The van der Waals surface area contributed by atoms with Gasteiger partial charge in [0.25, 0.3) is 11.8 Å². The summed E-state index contributed by atoms with van der Waals surface area (Å²) in [4.78, 5) is 44.4. The molecule has 6 heteroatoms. The Bertz CT molecular complexity index is 1170. The van der Waals surface area contributed by atoms with E-state index < -0.39 is 5.25 Å². The molecule has 2 aromatic carbocycles. The fourth-order valence-corrected chi connectivity index (χ4v) is 6.61. The maximum Gasteiger partial charge on any atom is 0.262 e. The third kappa shape index (κ3) is 3.38. The van der Waals surface area contributed by atoms with Gasteiger partial charge in [0.05, 0.1) is 11.1 Å². The molecule has 5 rings (SSSR count). The molecule has 0 saturated carbocycles. The van der Waals surface area contributed by atoms with Crippen LogP contribution in [0.5, 0.6) is 0 Å². The summed E-state index contributed by atoms with van der Waals surface area (Å²) in [5.74, 6) is -0.608. The molecule has 0 fully saturated rings. The van der Waals surface area contributed by atoms with Crippen molar-refractivity contribution in [3.8, 4) is 0 Å². The lowest BCUT2D eigenvalue weighted by atomic mass is 9.88.